The Morgan fingerprint density at radius 1 is 1.39 bits per heavy atom. The second kappa shape index (κ2) is 5.16. The quantitative estimate of drug-likeness (QED) is 0.867. The van der Waals surface area contributed by atoms with Gasteiger partial charge in [-0.3, -0.25) is 0 Å². The Bertz CT molecular complexity index is 416. The average Bonchev–Trinajstić information content (AvgIpc) is 2.87. The van der Waals surface area contributed by atoms with Gasteiger partial charge in [0.05, 0.1) is 19.8 Å². The van der Waals surface area contributed by atoms with E-state index in [1.165, 1.54) is 11.3 Å². The summed E-state index contributed by atoms with van der Waals surface area (Å²) >= 11 is 0. The molecule has 0 aliphatic carbocycles. The summed E-state index contributed by atoms with van der Waals surface area (Å²) in [6.45, 7) is 4.38. The molecule has 0 amide bonds. The summed E-state index contributed by atoms with van der Waals surface area (Å²) < 4.78 is 11.0. The van der Waals surface area contributed by atoms with E-state index in [2.05, 4.69) is 35.5 Å². The molecule has 0 radical (unpaired) electrons. The number of hydrogen-bond acceptors (Lipinski definition) is 4. The van der Waals surface area contributed by atoms with Crippen LogP contribution in [-0.4, -0.2) is 46.0 Å². The molecule has 1 aromatic carbocycles. The number of nitrogens with zero attached hydrogens (tertiary/aromatic N) is 1. The number of ether oxygens (including phenoxy) is 2. The molecule has 1 aromatic rings. The van der Waals surface area contributed by atoms with Crippen LogP contribution in [0.15, 0.2) is 18.2 Å². The molecule has 4 heteroatoms. The zero-order chi connectivity index (χ0) is 12.4. The number of benzene rings is 1. The minimum absolute atomic E-state index is 0.424. The van der Waals surface area contributed by atoms with Crippen molar-refractivity contribution in [1.29, 1.82) is 0 Å². The SMILES string of the molecule is CN(CC1COCCN1)c1ccc2c(c1)CCO2. The van der Waals surface area contributed by atoms with Crippen LogP contribution in [0.3, 0.4) is 0 Å². The first-order valence-electron chi connectivity index (χ1n) is 6.61. The van der Waals surface area contributed by atoms with Crippen molar-refractivity contribution in [2.45, 2.75) is 12.5 Å². The molecule has 0 aromatic heterocycles. The maximum atomic E-state index is 5.53. The van der Waals surface area contributed by atoms with Gasteiger partial charge in [0.15, 0.2) is 0 Å². The van der Waals surface area contributed by atoms with Crippen LogP contribution in [-0.2, 0) is 11.2 Å². The van der Waals surface area contributed by atoms with Crippen molar-refractivity contribution in [3.63, 3.8) is 0 Å². The second-order valence-electron chi connectivity index (χ2n) is 5.00. The van der Waals surface area contributed by atoms with Crippen LogP contribution in [0.2, 0.25) is 0 Å². The van der Waals surface area contributed by atoms with Gasteiger partial charge in [-0.05, 0) is 23.8 Å². The van der Waals surface area contributed by atoms with Crippen LogP contribution in [0, 0.1) is 0 Å². The maximum absolute atomic E-state index is 5.53. The van der Waals surface area contributed by atoms with Crippen molar-refractivity contribution in [2.24, 2.45) is 0 Å². The molecule has 98 valence electrons. The highest BCUT2D eigenvalue weighted by molar-refractivity contribution is 5.54. The fraction of sp³-hybridized carbons (Fsp3) is 0.571. The van der Waals surface area contributed by atoms with Gasteiger partial charge in [-0.25, -0.2) is 0 Å². The molecule has 3 rings (SSSR count). The van der Waals surface area contributed by atoms with Crippen molar-refractivity contribution < 1.29 is 9.47 Å². The third-order valence-electron chi connectivity index (χ3n) is 3.61. The third kappa shape index (κ3) is 2.44. The first-order valence-corrected chi connectivity index (χ1v) is 6.61. The molecule has 4 nitrogen and oxygen atoms in total. The van der Waals surface area contributed by atoms with Gasteiger partial charge in [-0.15, -0.1) is 0 Å². The Morgan fingerprint density at radius 3 is 3.17 bits per heavy atom. The van der Waals surface area contributed by atoms with Crippen molar-refractivity contribution in [3.8, 4) is 5.75 Å². The smallest absolute Gasteiger partial charge is 0.122 e. The van der Waals surface area contributed by atoms with Crippen molar-refractivity contribution in [1.82, 2.24) is 5.32 Å². The van der Waals surface area contributed by atoms with Crippen molar-refractivity contribution in [2.75, 3.05) is 44.9 Å². The van der Waals surface area contributed by atoms with Gasteiger partial charge in [0.25, 0.3) is 0 Å². The van der Waals surface area contributed by atoms with Crippen LogP contribution in [0.5, 0.6) is 5.75 Å². The fourth-order valence-electron chi connectivity index (χ4n) is 2.58. The largest absolute Gasteiger partial charge is 0.493 e. The zero-order valence-electron chi connectivity index (χ0n) is 10.8. The van der Waals surface area contributed by atoms with E-state index >= 15 is 0 Å². The van der Waals surface area contributed by atoms with Crippen LogP contribution in [0.1, 0.15) is 5.56 Å². The summed E-state index contributed by atoms with van der Waals surface area (Å²) in [6, 6.07) is 6.88. The number of hydrogen-bond donors (Lipinski definition) is 1. The first kappa shape index (κ1) is 11.8. The van der Waals surface area contributed by atoms with Gasteiger partial charge in [-0.1, -0.05) is 0 Å². The molecular formula is C14H20N2O2. The Balaban J connectivity index is 1.66. The minimum atomic E-state index is 0.424. The molecule has 2 aliphatic rings. The average molecular weight is 248 g/mol. The molecule has 0 saturated carbocycles. The standard InChI is InChI=1S/C14H20N2O2/c1-16(9-12-10-17-7-5-15-12)13-2-3-14-11(8-13)4-6-18-14/h2-3,8,12,15H,4-7,9-10H2,1H3. The lowest BCUT2D eigenvalue weighted by molar-refractivity contribution is 0.0791. The highest BCUT2D eigenvalue weighted by Gasteiger charge is 2.17. The van der Waals surface area contributed by atoms with E-state index in [9.17, 15) is 0 Å². The van der Waals surface area contributed by atoms with E-state index in [1.807, 2.05) is 0 Å². The van der Waals surface area contributed by atoms with Gasteiger partial charge in [0.1, 0.15) is 5.75 Å². The summed E-state index contributed by atoms with van der Waals surface area (Å²) in [5.74, 6) is 1.05. The molecule has 0 spiro atoms. The number of nitrogens with one attached hydrogen (secondary N) is 1. The Hall–Kier alpha value is -1.26. The van der Waals surface area contributed by atoms with Crippen LogP contribution < -0.4 is 15.0 Å². The molecule has 1 atom stereocenters. The van der Waals surface area contributed by atoms with Gasteiger partial charge in [0.2, 0.25) is 0 Å². The lowest BCUT2D eigenvalue weighted by atomic mass is 10.1. The Labute approximate surface area is 108 Å². The molecule has 18 heavy (non-hydrogen) atoms. The van der Waals surface area contributed by atoms with Gasteiger partial charge in [0, 0.05) is 38.3 Å². The summed E-state index contributed by atoms with van der Waals surface area (Å²) in [6.07, 6.45) is 1.03. The van der Waals surface area contributed by atoms with Crippen molar-refractivity contribution >= 4 is 5.69 Å². The van der Waals surface area contributed by atoms with Gasteiger partial charge < -0.3 is 19.7 Å². The normalized spacial score (nSPS) is 22.4. The maximum Gasteiger partial charge on any atom is 0.122 e. The predicted molar refractivity (Wildman–Crippen MR) is 71.5 cm³/mol. The molecule has 1 saturated heterocycles. The summed E-state index contributed by atoms with van der Waals surface area (Å²) in [5, 5.41) is 3.48. The van der Waals surface area contributed by atoms with E-state index in [-0.39, 0.29) is 0 Å². The molecule has 2 aliphatic heterocycles. The summed E-state index contributed by atoms with van der Waals surface area (Å²) in [5.41, 5.74) is 2.58. The molecule has 1 unspecified atom stereocenters. The van der Waals surface area contributed by atoms with Gasteiger partial charge >= 0.3 is 0 Å². The highest BCUT2D eigenvalue weighted by atomic mass is 16.5. The topological polar surface area (TPSA) is 33.7 Å². The predicted octanol–water partition coefficient (Wildman–Crippen LogP) is 1.05. The van der Waals surface area contributed by atoms with Crippen LogP contribution in [0.4, 0.5) is 5.69 Å². The molecule has 1 fully saturated rings. The van der Waals surface area contributed by atoms with Crippen LogP contribution >= 0.6 is 0 Å². The number of anilines is 1. The molecule has 2 heterocycles. The van der Waals surface area contributed by atoms with Crippen molar-refractivity contribution in [3.05, 3.63) is 23.8 Å². The van der Waals surface area contributed by atoms with E-state index in [0.717, 1.165) is 45.1 Å². The zero-order valence-corrected chi connectivity index (χ0v) is 10.8. The Kier molecular flexibility index (Phi) is 3.39. The number of likely N-dealkylation sites (N-methyl/N-ethyl adjacent to an activating group) is 1. The summed E-state index contributed by atoms with van der Waals surface area (Å²) in [7, 11) is 2.13. The second-order valence-corrected chi connectivity index (χ2v) is 5.00. The van der Waals surface area contributed by atoms with E-state index < -0.39 is 0 Å². The van der Waals surface area contributed by atoms with Crippen LogP contribution in [0.25, 0.3) is 0 Å². The number of fused-ring (bicyclic) bond motifs is 1. The van der Waals surface area contributed by atoms with E-state index in [0.29, 0.717) is 6.04 Å². The summed E-state index contributed by atoms with van der Waals surface area (Å²) in [4.78, 5) is 2.28. The Morgan fingerprint density at radius 2 is 2.33 bits per heavy atom. The number of morpholine rings is 1. The molecule has 0 bridgehead atoms. The third-order valence-corrected chi connectivity index (χ3v) is 3.61. The first-order chi connectivity index (χ1) is 8.83. The fourth-order valence-corrected chi connectivity index (χ4v) is 2.58. The lowest BCUT2D eigenvalue weighted by Crippen LogP contribution is -2.47. The van der Waals surface area contributed by atoms with Gasteiger partial charge in [-0.2, -0.15) is 0 Å². The minimum Gasteiger partial charge on any atom is -0.493 e. The molecular weight excluding hydrogens is 228 g/mol. The highest BCUT2D eigenvalue weighted by Crippen LogP contribution is 2.29. The van der Waals surface area contributed by atoms with E-state index in [1.54, 1.807) is 0 Å². The monoisotopic (exact) mass is 248 g/mol. The molecule has 1 N–H and O–H groups in total. The lowest BCUT2D eigenvalue weighted by Gasteiger charge is -2.29. The van der Waals surface area contributed by atoms with E-state index in [4.69, 9.17) is 9.47 Å². The number of rotatable bonds is 3.